The summed E-state index contributed by atoms with van der Waals surface area (Å²) >= 11 is 0. The van der Waals surface area contributed by atoms with E-state index in [2.05, 4.69) is 10.6 Å². The van der Waals surface area contributed by atoms with Crippen LogP contribution in [0.5, 0.6) is 11.5 Å². The van der Waals surface area contributed by atoms with Gasteiger partial charge in [-0.2, -0.15) is 0 Å². The van der Waals surface area contributed by atoms with E-state index < -0.39 is 23.8 Å². The van der Waals surface area contributed by atoms with Crippen molar-refractivity contribution in [1.29, 1.82) is 0 Å². The Morgan fingerprint density at radius 1 is 0.857 bits per heavy atom. The van der Waals surface area contributed by atoms with E-state index in [1.165, 1.54) is 20.3 Å². The van der Waals surface area contributed by atoms with Gasteiger partial charge in [0.15, 0.2) is 0 Å². The Hall–Kier alpha value is -4.59. The maximum atomic E-state index is 13.1. The Morgan fingerprint density at radius 2 is 1.43 bits per heavy atom. The van der Waals surface area contributed by atoms with Crippen LogP contribution in [0.25, 0.3) is 6.08 Å². The molecule has 3 rings (SSSR count). The lowest BCUT2D eigenvalue weighted by atomic mass is 10.1. The minimum Gasteiger partial charge on any atom is -0.497 e. The molecule has 0 radical (unpaired) electrons. The molecule has 0 fully saturated rings. The molecule has 0 bridgehead atoms. The molecule has 35 heavy (non-hydrogen) atoms. The Morgan fingerprint density at radius 3 is 1.97 bits per heavy atom. The number of methoxy groups -OCH3 is 2. The highest BCUT2D eigenvalue weighted by Gasteiger charge is 2.23. The first-order valence-corrected chi connectivity index (χ1v) is 10.8. The molecule has 3 aromatic rings. The molecule has 3 aromatic carbocycles. The predicted octanol–water partition coefficient (Wildman–Crippen LogP) is 3.29. The van der Waals surface area contributed by atoms with Crippen LogP contribution in [-0.2, 0) is 16.0 Å². The normalized spacial score (nSPS) is 11.8. The van der Waals surface area contributed by atoms with Gasteiger partial charge in [-0.15, -0.1) is 0 Å². The number of amides is 2. The summed E-state index contributed by atoms with van der Waals surface area (Å²) in [5.74, 6) is -1.24. The van der Waals surface area contributed by atoms with Crippen LogP contribution in [-0.4, -0.2) is 43.2 Å². The number of carboxylic acids is 1. The second-order valence-electron chi connectivity index (χ2n) is 7.57. The zero-order chi connectivity index (χ0) is 25.2. The number of carbonyl (C=O) groups excluding carboxylic acids is 2. The van der Waals surface area contributed by atoms with E-state index in [0.717, 1.165) is 5.56 Å². The van der Waals surface area contributed by atoms with Gasteiger partial charge in [0.1, 0.15) is 23.2 Å². The van der Waals surface area contributed by atoms with Crippen LogP contribution in [0.1, 0.15) is 21.5 Å². The van der Waals surface area contributed by atoms with Gasteiger partial charge in [-0.05, 0) is 53.6 Å². The standard InChI is InChI=1S/C27H26N2O6/c1-34-21-12-8-19(9-13-21)16-23(28-25(30)20-10-14-22(35-2)15-11-20)26(31)29-24(27(32)33)17-18-6-4-3-5-7-18/h3-16,24H,17H2,1-2H3,(H,28,30)(H,29,31)(H,32,33). The van der Waals surface area contributed by atoms with Gasteiger partial charge >= 0.3 is 5.97 Å². The first-order valence-electron chi connectivity index (χ1n) is 10.8. The highest BCUT2D eigenvalue weighted by atomic mass is 16.5. The second-order valence-corrected chi connectivity index (χ2v) is 7.57. The molecule has 0 aliphatic carbocycles. The molecule has 0 saturated heterocycles. The smallest absolute Gasteiger partial charge is 0.326 e. The molecule has 3 N–H and O–H groups in total. The molecular formula is C27H26N2O6. The van der Waals surface area contributed by atoms with Gasteiger partial charge in [0.05, 0.1) is 14.2 Å². The molecular weight excluding hydrogens is 448 g/mol. The molecule has 0 saturated carbocycles. The number of aliphatic carboxylic acids is 1. The lowest BCUT2D eigenvalue weighted by Gasteiger charge is -2.17. The fraction of sp³-hybridized carbons (Fsp3) is 0.148. The van der Waals surface area contributed by atoms with Crippen LogP contribution in [0, 0.1) is 0 Å². The number of hydrogen-bond acceptors (Lipinski definition) is 5. The van der Waals surface area contributed by atoms with Crippen LogP contribution < -0.4 is 20.1 Å². The minimum absolute atomic E-state index is 0.0875. The maximum Gasteiger partial charge on any atom is 0.326 e. The van der Waals surface area contributed by atoms with Crippen LogP contribution in [0.15, 0.2) is 84.6 Å². The molecule has 0 spiro atoms. The van der Waals surface area contributed by atoms with Crippen molar-refractivity contribution in [3.05, 3.63) is 101 Å². The Bertz CT molecular complexity index is 1190. The van der Waals surface area contributed by atoms with Crippen molar-refractivity contribution in [2.75, 3.05) is 14.2 Å². The maximum absolute atomic E-state index is 13.1. The lowest BCUT2D eigenvalue weighted by molar-refractivity contribution is -0.141. The van der Waals surface area contributed by atoms with E-state index >= 15 is 0 Å². The van der Waals surface area contributed by atoms with Crippen molar-refractivity contribution >= 4 is 23.9 Å². The number of nitrogens with one attached hydrogen (secondary N) is 2. The van der Waals surface area contributed by atoms with Gasteiger partial charge in [0.25, 0.3) is 11.8 Å². The number of carbonyl (C=O) groups is 3. The van der Waals surface area contributed by atoms with Gasteiger partial charge in [-0.3, -0.25) is 9.59 Å². The molecule has 0 aromatic heterocycles. The molecule has 180 valence electrons. The highest BCUT2D eigenvalue weighted by Crippen LogP contribution is 2.15. The van der Waals surface area contributed by atoms with E-state index in [-0.39, 0.29) is 12.1 Å². The van der Waals surface area contributed by atoms with E-state index in [1.807, 2.05) is 6.07 Å². The molecule has 8 nitrogen and oxygen atoms in total. The predicted molar refractivity (Wildman–Crippen MR) is 131 cm³/mol. The van der Waals surface area contributed by atoms with Crippen molar-refractivity contribution in [3.8, 4) is 11.5 Å². The van der Waals surface area contributed by atoms with Crippen molar-refractivity contribution in [1.82, 2.24) is 10.6 Å². The Kier molecular flexibility index (Phi) is 8.61. The fourth-order valence-electron chi connectivity index (χ4n) is 3.25. The topological polar surface area (TPSA) is 114 Å². The molecule has 0 heterocycles. The van der Waals surface area contributed by atoms with Crippen molar-refractivity contribution in [2.45, 2.75) is 12.5 Å². The summed E-state index contributed by atoms with van der Waals surface area (Å²) in [7, 11) is 3.06. The number of ether oxygens (including phenoxy) is 2. The summed E-state index contributed by atoms with van der Waals surface area (Å²) < 4.78 is 10.3. The van der Waals surface area contributed by atoms with E-state index in [0.29, 0.717) is 22.6 Å². The van der Waals surface area contributed by atoms with E-state index in [4.69, 9.17) is 9.47 Å². The summed E-state index contributed by atoms with van der Waals surface area (Å²) in [4.78, 5) is 37.8. The van der Waals surface area contributed by atoms with Crippen LogP contribution in [0.3, 0.4) is 0 Å². The molecule has 0 aliphatic heterocycles. The first kappa shape index (κ1) is 25.0. The minimum atomic E-state index is -1.19. The molecule has 8 heteroatoms. The monoisotopic (exact) mass is 474 g/mol. The molecule has 1 atom stereocenters. The quantitative estimate of drug-likeness (QED) is 0.389. The summed E-state index contributed by atoms with van der Waals surface area (Å²) in [6, 6.07) is 21.0. The fourth-order valence-corrected chi connectivity index (χ4v) is 3.25. The SMILES string of the molecule is COc1ccc(C=C(NC(=O)c2ccc(OC)cc2)C(=O)NC(Cc2ccccc2)C(=O)O)cc1. The van der Waals surface area contributed by atoms with E-state index in [9.17, 15) is 19.5 Å². The van der Waals surface area contributed by atoms with Gasteiger partial charge < -0.3 is 25.2 Å². The highest BCUT2D eigenvalue weighted by molar-refractivity contribution is 6.06. The zero-order valence-electron chi connectivity index (χ0n) is 19.4. The zero-order valence-corrected chi connectivity index (χ0v) is 19.4. The van der Waals surface area contributed by atoms with Crippen molar-refractivity contribution in [2.24, 2.45) is 0 Å². The lowest BCUT2D eigenvalue weighted by Crippen LogP contribution is -2.45. The molecule has 2 amide bonds. The largest absolute Gasteiger partial charge is 0.497 e. The van der Waals surface area contributed by atoms with Crippen molar-refractivity contribution in [3.63, 3.8) is 0 Å². The van der Waals surface area contributed by atoms with Crippen LogP contribution in [0.2, 0.25) is 0 Å². The van der Waals surface area contributed by atoms with Crippen LogP contribution in [0.4, 0.5) is 0 Å². The summed E-state index contributed by atoms with van der Waals surface area (Å²) in [6.45, 7) is 0. The van der Waals surface area contributed by atoms with Gasteiger partial charge in [-0.1, -0.05) is 42.5 Å². The summed E-state index contributed by atoms with van der Waals surface area (Å²) in [6.07, 6.45) is 1.56. The second kappa shape index (κ2) is 12.0. The van der Waals surface area contributed by atoms with Crippen molar-refractivity contribution < 1.29 is 29.0 Å². The van der Waals surface area contributed by atoms with Gasteiger partial charge in [0, 0.05) is 12.0 Å². The summed E-state index contributed by atoms with van der Waals surface area (Å²) in [5.41, 5.74) is 1.57. The van der Waals surface area contributed by atoms with Gasteiger partial charge in [-0.25, -0.2) is 4.79 Å². The number of hydrogen-bond donors (Lipinski definition) is 3. The van der Waals surface area contributed by atoms with E-state index in [1.54, 1.807) is 72.8 Å². The first-order chi connectivity index (χ1) is 16.9. The third-order valence-electron chi connectivity index (χ3n) is 5.16. The number of carboxylic acid groups (broad SMARTS) is 1. The average molecular weight is 475 g/mol. The Balaban J connectivity index is 1.86. The third kappa shape index (κ3) is 7.20. The Labute approximate surface area is 203 Å². The molecule has 0 aliphatic rings. The number of benzene rings is 3. The van der Waals surface area contributed by atoms with Crippen LogP contribution >= 0.6 is 0 Å². The molecule has 1 unspecified atom stereocenters. The average Bonchev–Trinajstić information content (AvgIpc) is 2.88. The number of rotatable bonds is 10. The third-order valence-corrected chi connectivity index (χ3v) is 5.16. The summed E-state index contributed by atoms with van der Waals surface area (Å²) in [5, 5.41) is 14.8. The van der Waals surface area contributed by atoms with Gasteiger partial charge in [0.2, 0.25) is 0 Å².